The van der Waals surface area contributed by atoms with E-state index >= 15 is 0 Å². The lowest BCUT2D eigenvalue weighted by Gasteiger charge is -2.31. The number of para-hydroxylation sites is 1. The van der Waals surface area contributed by atoms with Gasteiger partial charge in [0.05, 0.1) is 0 Å². The second-order valence-electron chi connectivity index (χ2n) is 6.24. The Labute approximate surface area is 146 Å². The molecule has 4 rings (SSSR count). The van der Waals surface area contributed by atoms with Crippen LogP contribution in [0.2, 0.25) is 0 Å². The van der Waals surface area contributed by atoms with Gasteiger partial charge in [0.2, 0.25) is 0 Å². The van der Waals surface area contributed by atoms with Crippen LogP contribution in [-0.4, -0.2) is 45.1 Å². The van der Waals surface area contributed by atoms with Crippen molar-refractivity contribution < 1.29 is 9.53 Å². The maximum atomic E-state index is 12.3. The molecule has 6 nitrogen and oxygen atoms in total. The zero-order chi connectivity index (χ0) is 17.1. The Balaban J connectivity index is 1.34. The molecule has 0 radical (unpaired) electrons. The molecule has 3 heterocycles. The molecule has 128 valence electrons. The topological polar surface area (TPSA) is 59.7 Å². The summed E-state index contributed by atoms with van der Waals surface area (Å²) in [4.78, 5) is 14.2. The summed E-state index contributed by atoms with van der Waals surface area (Å²) in [6, 6.07) is 15.3. The molecule has 1 aliphatic rings. The summed E-state index contributed by atoms with van der Waals surface area (Å²) in [6.07, 6.45) is 3.79. The summed E-state index contributed by atoms with van der Waals surface area (Å²) < 4.78 is 7.60. The van der Waals surface area contributed by atoms with Gasteiger partial charge >= 0.3 is 0 Å². The minimum Gasteiger partial charge on any atom is -0.484 e. The summed E-state index contributed by atoms with van der Waals surface area (Å²) in [6.45, 7) is 1.54. The van der Waals surface area contributed by atoms with E-state index in [1.807, 2.05) is 64.0 Å². The van der Waals surface area contributed by atoms with Gasteiger partial charge in [0.15, 0.2) is 12.3 Å². The van der Waals surface area contributed by atoms with Crippen molar-refractivity contribution in [1.29, 1.82) is 0 Å². The average molecular weight is 336 g/mol. The minimum atomic E-state index is 0.0356. The smallest absolute Gasteiger partial charge is 0.260 e. The lowest BCUT2D eigenvalue weighted by molar-refractivity contribution is -0.134. The molecule has 0 aliphatic carbocycles. The van der Waals surface area contributed by atoms with Crippen molar-refractivity contribution in [3.63, 3.8) is 0 Å². The van der Waals surface area contributed by atoms with Gasteiger partial charge in [-0.1, -0.05) is 24.3 Å². The fourth-order valence-corrected chi connectivity index (χ4v) is 3.28. The predicted octanol–water partition coefficient (Wildman–Crippen LogP) is 2.51. The van der Waals surface area contributed by atoms with Gasteiger partial charge in [0.1, 0.15) is 11.6 Å². The molecule has 25 heavy (non-hydrogen) atoms. The van der Waals surface area contributed by atoms with Crippen molar-refractivity contribution in [2.75, 3.05) is 19.7 Å². The van der Waals surface area contributed by atoms with Crippen LogP contribution in [0.25, 0.3) is 5.65 Å². The molecule has 0 N–H and O–H groups in total. The van der Waals surface area contributed by atoms with Crippen LogP contribution in [0.15, 0.2) is 54.7 Å². The van der Waals surface area contributed by atoms with E-state index in [-0.39, 0.29) is 12.5 Å². The number of rotatable bonds is 4. The highest BCUT2D eigenvalue weighted by Gasteiger charge is 2.26. The van der Waals surface area contributed by atoms with E-state index in [4.69, 9.17) is 4.74 Å². The van der Waals surface area contributed by atoms with Crippen LogP contribution in [0.1, 0.15) is 24.6 Å². The van der Waals surface area contributed by atoms with Crippen LogP contribution in [0.3, 0.4) is 0 Å². The third-order valence-electron chi connectivity index (χ3n) is 4.66. The molecular formula is C19H20N4O2. The first-order chi connectivity index (χ1) is 12.3. The number of ether oxygens (including phenoxy) is 1. The summed E-state index contributed by atoms with van der Waals surface area (Å²) in [5.74, 6) is 2.08. The summed E-state index contributed by atoms with van der Waals surface area (Å²) in [7, 11) is 0. The summed E-state index contributed by atoms with van der Waals surface area (Å²) >= 11 is 0. The standard InChI is InChI=1S/C19H20N4O2/c24-18(14-25-16-6-2-1-3-7-16)22-12-9-15(10-13-22)19-21-20-17-8-4-5-11-23(17)19/h1-8,11,15H,9-10,12-14H2. The van der Waals surface area contributed by atoms with Crippen molar-refractivity contribution in [3.8, 4) is 5.75 Å². The number of carbonyl (C=O) groups is 1. The number of hydrogen-bond donors (Lipinski definition) is 0. The molecule has 1 amide bonds. The number of piperidine rings is 1. The largest absolute Gasteiger partial charge is 0.484 e. The Morgan fingerprint density at radius 3 is 2.60 bits per heavy atom. The van der Waals surface area contributed by atoms with Crippen LogP contribution in [-0.2, 0) is 4.79 Å². The van der Waals surface area contributed by atoms with Crippen LogP contribution in [0, 0.1) is 0 Å². The number of carbonyl (C=O) groups excluding carboxylic acids is 1. The third kappa shape index (κ3) is 3.33. The molecule has 0 atom stereocenters. The second-order valence-corrected chi connectivity index (χ2v) is 6.24. The van der Waals surface area contributed by atoms with Crippen LogP contribution < -0.4 is 4.74 Å². The van der Waals surface area contributed by atoms with E-state index in [2.05, 4.69) is 10.2 Å². The Hall–Kier alpha value is -2.89. The van der Waals surface area contributed by atoms with Crippen molar-refractivity contribution in [3.05, 3.63) is 60.6 Å². The van der Waals surface area contributed by atoms with Gasteiger partial charge in [-0.3, -0.25) is 9.20 Å². The van der Waals surface area contributed by atoms with Gasteiger partial charge in [-0.25, -0.2) is 0 Å². The predicted molar refractivity (Wildman–Crippen MR) is 93.5 cm³/mol. The number of likely N-dealkylation sites (tertiary alicyclic amines) is 1. The zero-order valence-corrected chi connectivity index (χ0v) is 13.9. The molecule has 2 aromatic heterocycles. The Kier molecular flexibility index (Phi) is 4.33. The van der Waals surface area contributed by atoms with Crippen LogP contribution in [0.5, 0.6) is 5.75 Å². The van der Waals surface area contributed by atoms with Crippen molar-refractivity contribution >= 4 is 11.6 Å². The molecule has 1 saturated heterocycles. The summed E-state index contributed by atoms with van der Waals surface area (Å²) in [5, 5.41) is 8.57. The van der Waals surface area contributed by atoms with Gasteiger partial charge < -0.3 is 9.64 Å². The minimum absolute atomic E-state index is 0.0356. The number of benzene rings is 1. The molecule has 3 aromatic rings. The third-order valence-corrected chi connectivity index (χ3v) is 4.66. The number of nitrogens with zero attached hydrogens (tertiary/aromatic N) is 4. The van der Waals surface area contributed by atoms with E-state index in [0.29, 0.717) is 5.92 Å². The van der Waals surface area contributed by atoms with Gasteiger partial charge in [-0.05, 0) is 37.1 Å². The van der Waals surface area contributed by atoms with E-state index < -0.39 is 0 Å². The second kappa shape index (κ2) is 6.93. The van der Waals surface area contributed by atoms with Gasteiger partial charge in [0, 0.05) is 25.2 Å². The SMILES string of the molecule is O=C(COc1ccccc1)N1CCC(c2nnc3ccccn23)CC1. The summed E-state index contributed by atoms with van der Waals surface area (Å²) in [5.41, 5.74) is 0.868. The molecule has 0 bridgehead atoms. The number of aromatic nitrogens is 3. The first-order valence-corrected chi connectivity index (χ1v) is 8.56. The van der Waals surface area contributed by atoms with Crippen molar-refractivity contribution in [2.24, 2.45) is 0 Å². The zero-order valence-electron chi connectivity index (χ0n) is 13.9. The first-order valence-electron chi connectivity index (χ1n) is 8.56. The van der Waals surface area contributed by atoms with Gasteiger partial charge in [-0.15, -0.1) is 10.2 Å². The fraction of sp³-hybridized carbons (Fsp3) is 0.316. The first kappa shape index (κ1) is 15.6. The van der Waals surface area contributed by atoms with Gasteiger partial charge in [-0.2, -0.15) is 0 Å². The molecule has 1 aliphatic heterocycles. The van der Waals surface area contributed by atoms with E-state index in [9.17, 15) is 4.79 Å². The molecule has 6 heteroatoms. The van der Waals surface area contributed by atoms with Crippen LogP contribution >= 0.6 is 0 Å². The molecule has 1 fully saturated rings. The van der Waals surface area contributed by atoms with E-state index in [1.165, 1.54) is 0 Å². The molecule has 0 saturated carbocycles. The van der Waals surface area contributed by atoms with Crippen molar-refractivity contribution in [2.45, 2.75) is 18.8 Å². The molecule has 0 spiro atoms. The molecule has 0 unspecified atom stereocenters. The van der Waals surface area contributed by atoms with Gasteiger partial charge in [0.25, 0.3) is 5.91 Å². The quantitative estimate of drug-likeness (QED) is 0.734. The maximum Gasteiger partial charge on any atom is 0.260 e. The molecule has 1 aromatic carbocycles. The molecular weight excluding hydrogens is 316 g/mol. The normalized spacial score (nSPS) is 15.4. The average Bonchev–Trinajstić information content (AvgIpc) is 3.11. The highest BCUT2D eigenvalue weighted by Crippen LogP contribution is 2.27. The number of fused-ring (bicyclic) bond motifs is 1. The Bertz CT molecular complexity index is 854. The lowest BCUT2D eigenvalue weighted by Crippen LogP contribution is -2.40. The van der Waals surface area contributed by atoms with Crippen molar-refractivity contribution in [1.82, 2.24) is 19.5 Å². The maximum absolute atomic E-state index is 12.3. The highest BCUT2D eigenvalue weighted by molar-refractivity contribution is 5.77. The highest BCUT2D eigenvalue weighted by atomic mass is 16.5. The van der Waals surface area contributed by atoms with E-state index in [0.717, 1.165) is 43.2 Å². The Morgan fingerprint density at radius 1 is 1.04 bits per heavy atom. The lowest BCUT2D eigenvalue weighted by atomic mass is 9.96. The monoisotopic (exact) mass is 336 g/mol. The fourth-order valence-electron chi connectivity index (χ4n) is 3.28. The Morgan fingerprint density at radius 2 is 1.80 bits per heavy atom. The number of pyridine rings is 1. The number of hydrogen-bond acceptors (Lipinski definition) is 4. The van der Waals surface area contributed by atoms with Crippen LogP contribution in [0.4, 0.5) is 0 Å². The van der Waals surface area contributed by atoms with E-state index in [1.54, 1.807) is 0 Å². The number of amides is 1.